The van der Waals surface area contributed by atoms with Crippen molar-refractivity contribution in [3.63, 3.8) is 0 Å². The second-order valence-corrected chi connectivity index (χ2v) is 17.1. The van der Waals surface area contributed by atoms with Crippen LogP contribution in [0.5, 0.6) is 0 Å². The van der Waals surface area contributed by atoms with Gasteiger partial charge in [0.25, 0.3) is 20.7 Å². The standard InChI is InChI=1S/C37H37F2N5O3Si/c1-25-19-20-26(22-29(25)43(5)36(45)30-24-40-32-18-12-13-21-44(30)32)35-41-33(46-42-35)23-31(34(38)39)47-48(37(2,3)4,27-14-8-6-9-15-27)28-16-10-7-11-17-28/h6-22,24,31,34H,23H2,1-5H3. The van der Waals surface area contributed by atoms with Crippen molar-refractivity contribution in [2.45, 2.75) is 51.7 Å². The number of aryl methyl sites for hydroxylation is 1. The third kappa shape index (κ3) is 6.18. The number of nitrogens with zero attached hydrogens (tertiary/aromatic N) is 5. The maximum absolute atomic E-state index is 14.9. The van der Waals surface area contributed by atoms with Crippen LogP contribution in [-0.4, -0.2) is 53.3 Å². The molecule has 8 nitrogen and oxygen atoms in total. The topological polar surface area (TPSA) is 85.8 Å². The van der Waals surface area contributed by atoms with Crippen molar-refractivity contribution in [1.82, 2.24) is 19.5 Å². The Bertz CT molecular complexity index is 1990. The first-order valence-electron chi connectivity index (χ1n) is 15.7. The zero-order chi connectivity index (χ0) is 34.1. The molecule has 0 N–H and O–H groups in total. The lowest BCUT2D eigenvalue weighted by molar-refractivity contribution is 0.00243. The van der Waals surface area contributed by atoms with E-state index in [-0.39, 0.29) is 24.0 Å². The van der Waals surface area contributed by atoms with Gasteiger partial charge in [0.15, 0.2) is 0 Å². The zero-order valence-corrected chi connectivity index (χ0v) is 28.5. The van der Waals surface area contributed by atoms with Gasteiger partial charge in [-0.3, -0.25) is 9.20 Å². The molecule has 1 atom stereocenters. The fraction of sp³-hybridized carbons (Fsp3) is 0.243. The molecule has 3 aromatic heterocycles. The molecule has 0 radical (unpaired) electrons. The van der Waals surface area contributed by atoms with Gasteiger partial charge in [-0.15, -0.1) is 0 Å². The van der Waals surface area contributed by atoms with Crippen molar-refractivity contribution in [1.29, 1.82) is 0 Å². The van der Waals surface area contributed by atoms with E-state index in [1.165, 1.54) is 0 Å². The number of amides is 1. The van der Waals surface area contributed by atoms with E-state index in [1.807, 2.05) is 119 Å². The molecular weight excluding hydrogens is 629 g/mol. The summed E-state index contributed by atoms with van der Waals surface area (Å²) in [5.41, 5.74) is 3.14. The summed E-state index contributed by atoms with van der Waals surface area (Å²) >= 11 is 0. The van der Waals surface area contributed by atoms with E-state index in [0.717, 1.165) is 15.9 Å². The average Bonchev–Trinajstić information content (AvgIpc) is 3.74. The Morgan fingerprint density at radius 3 is 2.23 bits per heavy atom. The van der Waals surface area contributed by atoms with Crippen LogP contribution in [0.3, 0.4) is 0 Å². The molecule has 0 saturated carbocycles. The van der Waals surface area contributed by atoms with Crippen LogP contribution in [0.1, 0.15) is 42.7 Å². The first-order valence-corrected chi connectivity index (χ1v) is 17.6. The van der Waals surface area contributed by atoms with E-state index >= 15 is 0 Å². The van der Waals surface area contributed by atoms with Crippen LogP contribution < -0.4 is 15.3 Å². The second-order valence-electron chi connectivity index (χ2n) is 12.8. The second kappa shape index (κ2) is 13.2. The highest BCUT2D eigenvalue weighted by molar-refractivity contribution is 6.99. The minimum atomic E-state index is -3.28. The van der Waals surface area contributed by atoms with Crippen LogP contribution >= 0.6 is 0 Å². The molecule has 0 saturated heterocycles. The predicted molar refractivity (Wildman–Crippen MR) is 185 cm³/mol. The normalized spacial score (nSPS) is 12.8. The number of pyridine rings is 1. The van der Waals surface area contributed by atoms with Crippen LogP contribution in [0.25, 0.3) is 17.0 Å². The van der Waals surface area contributed by atoms with Crippen molar-refractivity contribution in [2.24, 2.45) is 0 Å². The molecule has 0 bridgehead atoms. The molecule has 6 aromatic rings. The molecule has 0 aliphatic rings. The summed E-state index contributed by atoms with van der Waals surface area (Å²) in [5.74, 6) is 0.00823. The highest BCUT2D eigenvalue weighted by Gasteiger charge is 2.52. The van der Waals surface area contributed by atoms with E-state index in [9.17, 15) is 13.6 Å². The predicted octanol–water partition coefficient (Wildman–Crippen LogP) is 6.72. The summed E-state index contributed by atoms with van der Waals surface area (Å²) in [7, 11) is -1.59. The third-order valence-electron chi connectivity index (χ3n) is 8.64. The molecule has 0 aliphatic carbocycles. The summed E-state index contributed by atoms with van der Waals surface area (Å²) in [4.78, 5) is 23.9. The summed E-state index contributed by atoms with van der Waals surface area (Å²) in [5, 5.41) is 5.44. The summed E-state index contributed by atoms with van der Waals surface area (Å²) in [6, 6.07) is 30.3. The maximum Gasteiger partial charge on any atom is 0.276 e. The number of carbonyl (C=O) groups excluding carboxylic acids is 1. The fourth-order valence-corrected chi connectivity index (χ4v) is 10.9. The number of rotatable bonds is 10. The van der Waals surface area contributed by atoms with Crippen LogP contribution in [0.2, 0.25) is 5.04 Å². The van der Waals surface area contributed by atoms with Gasteiger partial charge in [-0.1, -0.05) is 105 Å². The Kier molecular flexibility index (Phi) is 9.08. The smallest absolute Gasteiger partial charge is 0.276 e. The van der Waals surface area contributed by atoms with Crippen molar-refractivity contribution in [3.8, 4) is 11.4 Å². The highest BCUT2D eigenvalue weighted by atomic mass is 28.4. The van der Waals surface area contributed by atoms with Crippen molar-refractivity contribution >= 4 is 35.9 Å². The van der Waals surface area contributed by atoms with Crippen LogP contribution in [0, 0.1) is 6.92 Å². The Labute approximate surface area is 279 Å². The number of benzene rings is 3. The maximum atomic E-state index is 14.9. The van der Waals surface area contributed by atoms with Crippen LogP contribution in [-0.2, 0) is 10.8 Å². The zero-order valence-electron chi connectivity index (χ0n) is 27.5. The lowest BCUT2D eigenvalue weighted by Crippen LogP contribution is -2.68. The molecule has 0 fully saturated rings. The van der Waals surface area contributed by atoms with Gasteiger partial charge in [-0.05, 0) is 46.1 Å². The summed E-state index contributed by atoms with van der Waals surface area (Å²) in [6.07, 6.45) is -1.26. The molecule has 3 aromatic carbocycles. The number of hydrogen-bond donors (Lipinski definition) is 0. The Hall–Kier alpha value is -5.00. The number of alkyl halides is 2. The van der Waals surface area contributed by atoms with E-state index in [0.29, 0.717) is 22.6 Å². The van der Waals surface area contributed by atoms with Gasteiger partial charge in [-0.2, -0.15) is 4.98 Å². The number of aromatic nitrogens is 4. The van der Waals surface area contributed by atoms with E-state index in [1.54, 1.807) is 34.8 Å². The summed E-state index contributed by atoms with van der Waals surface area (Å²) < 4.78 is 43.8. The molecule has 0 aliphatic heterocycles. The van der Waals surface area contributed by atoms with Crippen LogP contribution in [0.15, 0.2) is 114 Å². The van der Waals surface area contributed by atoms with Gasteiger partial charge >= 0.3 is 0 Å². The van der Waals surface area contributed by atoms with Gasteiger partial charge in [0.1, 0.15) is 17.4 Å². The van der Waals surface area contributed by atoms with Gasteiger partial charge < -0.3 is 13.8 Å². The Balaban J connectivity index is 1.29. The number of halogens is 2. The third-order valence-corrected chi connectivity index (χ3v) is 13.7. The van der Waals surface area contributed by atoms with Gasteiger partial charge in [0, 0.05) is 24.5 Å². The minimum absolute atomic E-state index is 0.0329. The molecular formula is C37H37F2N5O3Si. The molecule has 48 heavy (non-hydrogen) atoms. The molecule has 0 spiro atoms. The number of carbonyl (C=O) groups is 1. The quantitative estimate of drug-likeness (QED) is 0.151. The molecule has 6 rings (SSSR count). The monoisotopic (exact) mass is 665 g/mol. The Morgan fingerprint density at radius 2 is 1.60 bits per heavy atom. The largest absolute Gasteiger partial charge is 0.398 e. The average molecular weight is 666 g/mol. The lowest BCUT2D eigenvalue weighted by Gasteiger charge is -2.44. The van der Waals surface area contributed by atoms with Gasteiger partial charge in [0.2, 0.25) is 11.7 Å². The number of hydrogen-bond acceptors (Lipinski definition) is 6. The molecule has 1 unspecified atom stereocenters. The van der Waals surface area contributed by atoms with Crippen molar-refractivity contribution in [2.75, 3.05) is 11.9 Å². The number of fused-ring (bicyclic) bond motifs is 1. The Morgan fingerprint density at radius 1 is 0.958 bits per heavy atom. The minimum Gasteiger partial charge on any atom is -0.398 e. The first-order chi connectivity index (χ1) is 23.0. The highest BCUT2D eigenvalue weighted by Crippen LogP contribution is 2.38. The molecule has 3 heterocycles. The van der Waals surface area contributed by atoms with E-state index in [4.69, 9.17) is 8.95 Å². The van der Waals surface area contributed by atoms with Gasteiger partial charge in [-0.25, -0.2) is 13.8 Å². The fourth-order valence-electron chi connectivity index (χ4n) is 6.21. The summed E-state index contributed by atoms with van der Waals surface area (Å²) in [6.45, 7) is 8.02. The molecule has 1 amide bonds. The van der Waals surface area contributed by atoms with Crippen molar-refractivity contribution < 1.29 is 22.5 Å². The SMILES string of the molecule is Cc1ccc(-c2noc(CC(O[Si](c3ccccc3)(c3ccccc3)C(C)(C)C)C(F)F)n2)cc1N(C)C(=O)c1cnc2ccccn12. The van der Waals surface area contributed by atoms with E-state index < -0.39 is 25.9 Å². The number of anilines is 1. The molecule has 11 heteroatoms. The molecule has 246 valence electrons. The lowest BCUT2D eigenvalue weighted by atomic mass is 10.1. The van der Waals surface area contributed by atoms with Crippen molar-refractivity contribution in [3.05, 3.63) is 127 Å². The number of imidazole rings is 1. The van der Waals surface area contributed by atoms with Gasteiger partial charge in [0.05, 0.1) is 12.6 Å². The van der Waals surface area contributed by atoms with Crippen LogP contribution in [0.4, 0.5) is 14.5 Å². The van der Waals surface area contributed by atoms with E-state index in [2.05, 4.69) is 15.1 Å². The first kappa shape index (κ1) is 32.9.